The van der Waals surface area contributed by atoms with Gasteiger partial charge in [0.25, 0.3) is 0 Å². The molecule has 0 spiro atoms. The molecule has 0 rings (SSSR count). The lowest BCUT2D eigenvalue weighted by atomic mass is 10.7. The van der Waals surface area contributed by atoms with Crippen LogP contribution in [-0.2, 0) is 19.0 Å². The molecule has 0 radical (unpaired) electrons. The van der Waals surface area contributed by atoms with Crippen molar-refractivity contribution < 1.29 is 19.0 Å². The second-order valence-corrected chi connectivity index (χ2v) is 3.19. The molecule has 0 saturated carbocycles. The molecule has 5 nitrogen and oxygen atoms in total. The molecule has 0 heterocycles. The first-order chi connectivity index (χ1) is 6.91. The molecule has 0 aromatic carbocycles. The van der Waals surface area contributed by atoms with Crippen LogP contribution in [0.15, 0.2) is 0 Å². The normalized spacial score (nSPS) is 10.0. The number of hydrogen-bond acceptors (Lipinski definition) is 5. The van der Waals surface area contributed by atoms with Gasteiger partial charge in [-0.25, -0.2) is 5.90 Å². The van der Waals surface area contributed by atoms with Crippen LogP contribution in [0.5, 0.6) is 0 Å². The van der Waals surface area contributed by atoms with Gasteiger partial charge in [-0.1, -0.05) is 15.9 Å². The highest BCUT2D eigenvalue weighted by Gasteiger charge is 1.90. The third-order valence-electron chi connectivity index (χ3n) is 1.31. The highest BCUT2D eigenvalue weighted by atomic mass is 79.9. The Labute approximate surface area is 105 Å². The Morgan fingerprint density at radius 1 is 0.733 bits per heavy atom. The van der Waals surface area contributed by atoms with E-state index < -0.39 is 0 Å². The van der Waals surface area contributed by atoms with Crippen LogP contribution in [0.1, 0.15) is 0 Å². The van der Waals surface area contributed by atoms with E-state index in [-0.39, 0.29) is 12.4 Å². The van der Waals surface area contributed by atoms with E-state index in [4.69, 9.17) is 20.1 Å². The van der Waals surface area contributed by atoms with Gasteiger partial charge >= 0.3 is 0 Å². The molecule has 0 aromatic heterocycles. The molecule has 0 saturated heterocycles. The standard InChI is InChI=1S/C8H18BrNO4.ClH/c9-1-2-11-3-4-12-5-6-13-7-8-14-10;/h1-8,10H2;1H. The van der Waals surface area contributed by atoms with Gasteiger partial charge in [0, 0.05) is 5.33 Å². The Kier molecular flexibility index (Phi) is 20.3. The Hall–Kier alpha value is 0.570. The van der Waals surface area contributed by atoms with E-state index in [1.807, 2.05) is 0 Å². The van der Waals surface area contributed by atoms with Gasteiger partial charge in [0.15, 0.2) is 0 Å². The van der Waals surface area contributed by atoms with Crippen LogP contribution < -0.4 is 5.90 Å². The summed E-state index contributed by atoms with van der Waals surface area (Å²) in [6.07, 6.45) is 0. The fourth-order valence-corrected chi connectivity index (χ4v) is 0.932. The van der Waals surface area contributed by atoms with Crippen molar-refractivity contribution in [1.82, 2.24) is 0 Å². The van der Waals surface area contributed by atoms with Crippen LogP contribution in [-0.4, -0.2) is 51.6 Å². The van der Waals surface area contributed by atoms with Gasteiger partial charge in [0.2, 0.25) is 0 Å². The van der Waals surface area contributed by atoms with E-state index in [9.17, 15) is 0 Å². The van der Waals surface area contributed by atoms with Gasteiger partial charge in [-0.05, 0) is 0 Å². The molecule has 0 aliphatic rings. The van der Waals surface area contributed by atoms with Crippen molar-refractivity contribution in [3.05, 3.63) is 0 Å². The summed E-state index contributed by atoms with van der Waals surface area (Å²) < 4.78 is 15.5. The molecule has 15 heavy (non-hydrogen) atoms. The van der Waals surface area contributed by atoms with E-state index in [2.05, 4.69) is 20.8 Å². The van der Waals surface area contributed by atoms with Gasteiger partial charge in [-0.15, -0.1) is 12.4 Å². The van der Waals surface area contributed by atoms with Crippen molar-refractivity contribution in [2.45, 2.75) is 0 Å². The molecule has 7 heteroatoms. The van der Waals surface area contributed by atoms with Crippen LogP contribution in [0, 0.1) is 0 Å². The lowest BCUT2D eigenvalue weighted by Gasteiger charge is -2.05. The van der Waals surface area contributed by atoms with E-state index in [1.54, 1.807) is 0 Å². The Balaban J connectivity index is 0. The zero-order valence-electron chi connectivity index (χ0n) is 8.65. The maximum Gasteiger partial charge on any atom is 0.0913 e. The summed E-state index contributed by atoms with van der Waals surface area (Å²) in [4.78, 5) is 4.32. The second kappa shape index (κ2) is 17.0. The third kappa shape index (κ3) is 17.2. The largest absolute Gasteiger partial charge is 0.378 e. The first kappa shape index (κ1) is 17.9. The third-order valence-corrected chi connectivity index (χ3v) is 1.63. The van der Waals surface area contributed by atoms with Crippen molar-refractivity contribution in [2.24, 2.45) is 5.90 Å². The van der Waals surface area contributed by atoms with Crippen LogP contribution in [0.2, 0.25) is 0 Å². The summed E-state index contributed by atoms with van der Waals surface area (Å²) in [7, 11) is 0. The summed E-state index contributed by atoms with van der Waals surface area (Å²) in [5.41, 5.74) is 0. The highest BCUT2D eigenvalue weighted by Crippen LogP contribution is 1.83. The van der Waals surface area contributed by atoms with E-state index in [0.717, 1.165) is 5.33 Å². The van der Waals surface area contributed by atoms with Gasteiger partial charge in [-0.2, -0.15) is 0 Å². The second-order valence-electron chi connectivity index (χ2n) is 2.40. The molecule has 0 aliphatic heterocycles. The SMILES string of the molecule is Cl.NOCCOCCOCCOCCBr. The molecule has 94 valence electrons. The maximum atomic E-state index is 5.22. The predicted octanol–water partition coefficient (Wildman–Crippen LogP) is 0.743. The van der Waals surface area contributed by atoms with Crippen LogP contribution in [0.4, 0.5) is 0 Å². The number of alkyl halides is 1. The van der Waals surface area contributed by atoms with Gasteiger partial charge in [0.1, 0.15) is 0 Å². The van der Waals surface area contributed by atoms with Crippen LogP contribution in [0.25, 0.3) is 0 Å². The smallest absolute Gasteiger partial charge is 0.0913 e. The van der Waals surface area contributed by atoms with Crippen molar-refractivity contribution in [3.63, 3.8) is 0 Å². The molecule has 0 fully saturated rings. The van der Waals surface area contributed by atoms with Crippen molar-refractivity contribution in [1.29, 1.82) is 0 Å². The van der Waals surface area contributed by atoms with Crippen LogP contribution in [0.3, 0.4) is 0 Å². The topological polar surface area (TPSA) is 62.9 Å². The molecule has 0 unspecified atom stereocenters. The quantitative estimate of drug-likeness (QED) is 0.347. The molecule has 0 aliphatic carbocycles. The van der Waals surface area contributed by atoms with Gasteiger partial charge in [-0.3, -0.25) is 0 Å². The Morgan fingerprint density at radius 3 is 1.53 bits per heavy atom. The summed E-state index contributed by atoms with van der Waals surface area (Å²) in [6.45, 7) is 3.98. The Bertz CT molecular complexity index is 101. The lowest BCUT2D eigenvalue weighted by molar-refractivity contribution is -0.000399. The highest BCUT2D eigenvalue weighted by molar-refractivity contribution is 9.09. The summed E-state index contributed by atoms with van der Waals surface area (Å²) in [5.74, 6) is 4.81. The zero-order valence-corrected chi connectivity index (χ0v) is 11.1. The maximum absolute atomic E-state index is 5.22. The van der Waals surface area contributed by atoms with Crippen molar-refractivity contribution >= 4 is 28.3 Å². The number of hydrogen-bond donors (Lipinski definition) is 1. The molecular formula is C8H19BrClNO4. The number of nitrogens with two attached hydrogens (primary N) is 1. The molecule has 0 amide bonds. The first-order valence-electron chi connectivity index (χ1n) is 4.52. The zero-order chi connectivity index (χ0) is 10.5. The molecule has 2 N–H and O–H groups in total. The Morgan fingerprint density at radius 2 is 1.13 bits per heavy atom. The van der Waals surface area contributed by atoms with Gasteiger partial charge < -0.3 is 19.0 Å². The summed E-state index contributed by atoms with van der Waals surface area (Å²) in [5, 5.41) is 0.856. The van der Waals surface area contributed by atoms with E-state index in [0.29, 0.717) is 46.2 Å². The minimum absolute atomic E-state index is 0. The number of halogens is 2. The van der Waals surface area contributed by atoms with Crippen molar-refractivity contribution in [2.75, 3.05) is 51.6 Å². The van der Waals surface area contributed by atoms with E-state index in [1.165, 1.54) is 0 Å². The van der Waals surface area contributed by atoms with Crippen molar-refractivity contribution in [3.8, 4) is 0 Å². The monoisotopic (exact) mass is 307 g/mol. The number of rotatable bonds is 11. The lowest BCUT2D eigenvalue weighted by Crippen LogP contribution is -2.13. The first-order valence-corrected chi connectivity index (χ1v) is 5.65. The van der Waals surface area contributed by atoms with E-state index >= 15 is 0 Å². The molecule has 0 atom stereocenters. The predicted molar refractivity (Wildman–Crippen MR) is 63.6 cm³/mol. The average Bonchev–Trinajstić information content (AvgIpc) is 2.21. The summed E-state index contributed by atoms with van der Waals surface area (Å²) in [6, 6.07) is 0. The minimum Gasteiger partial charge on any atom is -0.378 e. The average molecular weight is 309 g/mol. The molecule has 0 aromatic rings. The van der Waals surface area contributed by atoms with Crippen LogP contribution >= 0.6 is 28.3 Å². The molecule has 0 bridgehead atoms. The minimum atomic E-state index is 0. The fraction of sp³-hybridized carbons (Fsp3) is 1.00. The van der Waals surface area contributed by atoms with Gasteiger partial charge in [0.05, 0.1) is 46.2 Å². The number of ether oxygens (including phenoxy) is 3. The molecular weight excluding hydrogens is 289 g/mol. The summed E-state index contributed by atoms with van der Waals surface area (Å²) >= 11 is 3.26. The fourth-order valence-electron chi connectivity index (χ4n) is 0.703.